The van der Waals surface area contributed by atoms with Crippen LogP contribution in [0.2, 0.25) is 0 Å². The van der Waals surface area contributed by atoms with Gasteiger partial charge in [0.1, 0.15) is 18.0 Å². The second-order valence-electron chi connectivity index (χ2n) is 5.61. The molecule has 0 fully saturated rings. The number of amidine groups is 1. The van der Waals surface area contributed by atoms with Crippen molar-refractivity contribution in [1.29, 1.82) is 0 Å². The van der Waals surface area contributed by atoms with E-state index in [1.165, 1.54) is 18.2 Å². The number of rotatable bonds is 8. The molecule has 0 radical (unpaired) electrons. The molecule has 0 spiro atoms. The van der Waals surface area contributed by atoms with Crippen molar-refractivity contribution >= 4 is 22.9 Å². The number of alkyl halides is 2. The van der Waals surface area contributed by atoms with Gasteiger partial charge in [-0.1, -0.05) is 12.1 Å². The highest BCUT2D eigenvalue weighted by Gasteiger charge is 2.20. The number of nitrogen functional groups attached to an aromatic ring is 1. The summed E-state index contributed by atoms with van der Waals surface area (Å²) in [5.41, 5.74) is 5.32. The van der Waals surface area contributed by atoms with E-state index in [1.807, 2.05) is 0 Å². The van der Waals surface area contributed by atoms with E-state index in [4.69, 9.17) is 10.5 Å². The molecule has 0 atom stereocenters. The van der Waals surface area contributed by atoms with Gasteiger partial charge in [0, 0.05) is 12.1 Å². The molecule has 0 amide bonds. The summed E-state index contributed by atoms with van der Waals surface area (Å²) in [5, 5.41) is 19.1. The quantitative estimate of drug-likeness (QED) is 0.137. The molecule has 0 bridgehead atoms. The van der Waals surface area contributed by atoms with Crippen LogP contribution in [0.15, 0.2) is 43.5 Å². The summed E-state index contributed by atoms with van der Waals surface area (Å²) in [6, 6.07) is 5.19. The molecular formula is C16H14F2N6O5. The van der Waals surface area contributed by atoms with Crippen molar-refractivity contribution in [3.8, 4) is 5.88 Å². The lowest BCUT2D eigenvalue weighted by atomic mass is 10.2. The van der Waals surface area contributed by atoms with Crippen molar-refractivity contribution in [2.24, 2.45) is 4.99 Å². The lowest BCUT2D eigenvalue weighted by Gasteiger charge is -2.10. The molecule has 0 unspecified atom stereocenters. The molecule has 13 heteroatoms. The third-order valence-electron chi connectivity index (χ3n) is 3.74. The van der Waals surface area contributed by atoms with Gasteiger partial charge in [-0.3, -0.25) is 20.3 Å². The largest absolute Gasteiger partial charge is 0.472 e. The fraction of sp³-hybridized carbons (Fsp3) is 0.188. The first-order valence-electron chi connectivity index (χ1n) is 8.07. The molecule has 1 heterocycles. The minimum absolute atomic E-state index is 0.00953. The summed E-state index contributed by atoms with van der Waals surface area (Å²) in [6.45, 7) is 0.0514. The molecular weight excluding hydrogens is 394 g/mol. The Balaban J connectivity index is 1.68. The zero-order valence-electron chi connectivity index (χ0n) is 14.6. The Hall–Kier alpha value is -3.87. The third-order valence-corrected chi connectivity index (χ3v) is 3.74. The predicted molar refractivity (Wildman–Crippen MR) is 96.6 cm³/mol. The molecule has 1 aromatic heterocycles. The topological polar surface area (TPSA) is 165 Å². The van der Waals surface area contributed by atoms with Crippen LogP contribution in [0.1, 0.15) is 17.7 Å². The number of nitrogens with zero attached hydrogens (tertiary/aromatic N) is 3. The third kappa shape index (κ3) is 4.19. The maximum Gasteiger partial charge on any atom is 0.287 e. The van der Waals surface area contributed by atoms with Crippen molar-refractivity contribution in [3.05, 3.63) is 56.0 Å². The summed E-state index contributed by atoms with van der Waals surface area (Å²) in [4.78, 5) is 26.3. The van der Waals surface area contributed by atoms with Crippen LogP contribution in [0.25, 0.3) is 0 Å². The second kappa shape index (κ2) is 8.43. The smallest absolute Gasteiger partial charge is 0.287 e. The Morgan fingerprint density at radius 1 is 1.31 bits per heavy atom. The first kappa shape index (κ1) is 19.9. The monoisotopic (exact) mass is 408 g/mol. The van der Waals surface area contributed by atoms with E-state index in [0.29, 0.717) is 0 Å². The van der Waals surface area contributed by atoms with Crippen LogP contribution in [0.3, 0.4) is 0 Å². The summed E-state index contributed by atoms with van der Waals surface area (Å²) >= 11 is 0. The van der Waals surface area contributed by atoms with Crippen LogP contribution >= 0.6 is 0 Å². The van der Waals surface area contributed by atoms with Gasteiger partial charge in [-0.25, -0.2) is 18.4 Å². The molecule has 152 valence electrons. The Morgan fingerprint density at radius 2 is 2.10 bits per heavy atom. The van der Waals surface area contributed by atoms with Crippen molar-refractivity contribution in [2.75, 3.05) is 24.2 Å². The lowest BCUT2D eigenvalue weighted by Crippen LogP contribution is -2.37. The average molecular weight is 408 g/mol. The fourth-order valence-electron chi connectivity index (χ4n) is 2.32. The molecule has 0 saturated heterocycles. The average Bonchev–Trinajstić information content (AvgIpc) is 3.19. The van der Waals surface area contributed by atoms with Crippen LogP contribution < -0.4 is 32.1 Å². The van der Waals surface area contributed by atoms with Gasteiger partial charge in [0.15, 0.2) is 5.84 Å². The maximum absolute atomic E-state index is 12.8. The molecule has 0 aliphatic heterocycles. The molecule has 0 aliphatic rings. The lowest BCUT2D eigenvalue weighted by molar-refractivity contribution is 0.151. The van der Waals surface area contributed by atoms with Crippen molar-refractivity contribution in [1.82, 2.24) is 15.8 Å². The number of halogens is 2. The first-order valence-corrected chi connectivity index (χ1v) is 8.07. The highest BCUT2D eigenvalue weighted by atomic mass is 19.3. The highest BCUT2D eigenvalue weighted by molar-refractivity contribution is 5.99. The molecule has 0 saturated carbocycles. The number of hydroxylamine groups is 1. The van der Waals surface area contributed by atoms with E-state index in [0.717, 1.165) is 6.07 Å². The molecule has 3 rings (SSSR count). The van der Waals surface area contributed by atoms with Gasteiger partial charge >= 0.3 is 0 Å². The molecule has 29 heavy (non-hydrogen) atoms. The minimum atomic E-state index is -2.68. The number of hydrogen-bond donors (Lipinski definition) is 4. The van der Waals surface area contributed by atoms with Crippen molar-refractivity contribution in [2.45, 2.75) is 6.43 Å². The molecule has 2 aromatic carbocycles. The normalized spacial score (nSPS) is 11.8. The Morgan fingerprint density at radius 3 is 2.79 bits per heavy atom. The van der Waals surface area contributed by atoms with Gasteiger partial charge in [-0.15, -0.1) is 0 Å². The number of nitrogens with one attached hydrogen (secondary N) is 2. The summed E-state index contributed by atoms with van der Waals surface area (Å²) in [6.07, 6.45) is -2.68. The summed E-state index contributed by atoms with van der Waals surface area (Å²) < 4.78 is 35.5. The van der Waals surface area contributed by atoms with E-state index in [1.54, 1.807) is 5.48 Å². The minimum Gasteiger partial charge on any atom is -0.472 e. The fourth-order valence-corrected chi connectivity index (χ4v) is 2.32. The Kier molecular flexibility index (Phi) is 5.78. The van der Waals surface area contributed by atoms with Crippen LogP contribution in [-0.4, -0.2) is 34.5 Å². The molecule has 11 nitrogen and oxygen atoms in total. The van der Waals surface area contributed by atoms with Crippen molar-refractivity contribution in [3.63, 3.8) is 0 Å². The number of benzene rings is 1. The van der Waals surface area contributed by atoms with Crippen LogP contribution in [0.5, 0.6) is 5.88 Å². The number of aliphatic imine (C=N–C) groups is 1. The first-order chi connectivity index (χ1) is 13.9. The van der Waals surface area contributed by atoms with Gasteiger partial charge in [0.2, 0.25) is 5.69 Å². The van der Waals surface area contributed by atoms with Gasteiger partial charge in [0.05, 0.1) is 5.69 Å². The molecule has 0 aliphatic carbocycles. The zero-order valence-corrected chi connectivity index (χ0v) is 14.6. The number of nitrogens with two attached hydrogens (primary N) is 1. The Labute approximate surface area is 160 Å². The van der Waals surface area contributed by atoms with Gasteiger partial charge in [-0.2, -0.15) is 0 Å². The van der Waals surface area contributed by atoms with Crippen molar-refractivity contribution < 1.29 is 23.4 Å². The SMILES string of the molecule is Nc1c(NCCOc2nonc2C(=Nc2cccc(C(F)F)c2)NO)c(=O)c1=O. The van der Waals surface area contributed by atoms with Crippen LogP contribution in [0.4, 0.5) is 25.8 Å². The predicted octanol–water partition coefficient (Wildman–Crippen LogP) is 0.733. The summed E-state index contributed by atoms with van der Waals surface area (Å²) in [7, 11) is 0. The van der Waals surface area contributed by atoms with Gasteiger partial charge < -0.3 is 15.8 Å². The number of aromatic nitrogens is 2. The van der Waals surface area contributed by atoms with E-state index >= 15 is 0 Å². The summed E-state index contributed by atoms with van der Waals surface area (Å²) in [5.74, 6) is -0.414. The number of anilines is 2. The van der Waals surface area contributed by atoms with Crippen LogP contribution in [0, 0.1) is 0 Å². The van der Waals surface area contributed by atoms with Gasteiger partial charge in [0.25, 0.3) is 23.2 Å². The standard InChI is InChI=1S/C16H14F2N6O5/c17-14(18)7-2-1-3-8(6-7)21-15(22-27)11-16(24-29-23-11)28-5-4-20-10-9(19)12(25)13(10)26/h1-3,6,14,20,27H,4-5,19H2,(H,21,22). The number of ether oxygens (including phenoxy) is 1. The molecule has 5 N–H and O–H groups in total. The van der Waals surface area contributed by atoms with Crippen LogP contribution in [-0.2, 0) is 0 Å². The van der Waals surface area contributed by atoms with E-state index in [9.17, 15) is 23.6 Å². The second-order valence-corrected chi connectivity index (χ2v) is 5.61. The Bertz CT molecular complexity index is 1110. The zero-order chi connectivity index (χ0) is 21.0. The van der Waals surface area contributed by atoms with E-state index in [-0.39, 0.29) is 53.2 Å². The maximum atomic E-state index is 12.8. The molecule has 3 aromatic rings. The van der Waals surface area contributed by atoms with E-state index < -0.39 is 17.3 Å². The van der Waals surface area contributed by atoms with E-state index in [2.05, 4.69) is 25.3 Å². The highest BCUT2D eigenvalue weighted by Crippen LogP contribution is 2.24. The van der Waals surface area contributed by atoms with Gasteiger partial charge in [-0.05, 0) is 22.4 Å². The number of hydrogen-bond acceptors (Lipinski definition) is 10.